The molecule has 0 aliphatic heterocycles. The van der Waals surface area contributed by atoms with Crippen LogP contribution in [0.25, 0.3) is 0 Å². The standard InChI is InChI=1S/C13H20/c1-10-8-13(9-11(10)2)7-5-4-6-12(13)3/h12H,1-2,4-9H2,3H3. The van der Waals surface area contributed by atoms with E-state index in [1.807, 2.05) is 0 Å². The molecule has 2 aliphatic rings. The average molecular weight is 176 g/mol. The van der Waals surface area contributed by atoms with Crippen molar-refractivity contribution >= 4 is 0 Å². The zero-order chi connectivity index (χ0) is 9.47. The second-order valence-corrected chi connectivity index (χ2v) is 5.07. The minimum absolute atomic E-state index is 0.576. The van der Waals surface area contributed by atoms with E-state index in [0.29, 0.717) is 5.41 Å². The molecule has 0 aromatic rings. The maximum absolute atomic E-state index is 4.12. The lowest BCUT2D eigenvalue weighted by Crippen LogP contribution is -2.29. The molecule has 0 bridgehead atoms. The van der Waals surface area contributed by atoms with Crippen molar-refractivity contribution in [2.45, 2.75) is 45.4 Å². The first-order valence-electron chi connectivity index (χ1n) is 5.50. The van der Waals surface area contributed by atoms with Crippen LogP contribution in [-0.4, -0.2) is 0 Å². The first-order chi connectivity index (χ1) is 6.14. The normalized spacial score (nSPS) is 32.8. The summed E-state index contributed by atoms with van der Waals surface area (Å²) < 4.78 is 0. The highest BCUT2D eigenvalue weighted by molar-refractivity contribution is 5.34. The Bertz CT molecular complexity index is 231. The highest BCUT2D eigenvalue weighted by Gasteiger charge is 2.42. The maximum atomic E-state index is 4.12. The predicted octanol–water partition coefficient (Wildman–Crippen LogP) is 4.09. The molecule has 0 radical (unpaired) electrons. The van der Waals surface area contributed by atoms with Gasteiger partial charge in [0.05, 0.1) is 0 Å². The van der Waals surface area contributed by atoms with Gasteiger partial charge in [0.15, 0.2) is 0 Å². The van der Waals surface area contributed by atoms with Gasteiger partial charge in [0.1, 0.15) is 0 Å². The van der Waals surface area contributed by atoms with Crippen LogP contribution in [0.15, 0.2) is 24.3 Å². The molecule has 2 saturated carbocycles. The molecule has 0 saturated heterocycles. The van der Waals surface area contributed by atoms with Gasteiger partial charge in [-0.3, -0.25) is 0 Å². The number of hydrogen-bond donors (Lipinski definition) is 0. The van der Waals surface area contributed by atoms with Crippen LogP contribution in [0.3, 0.4) is 0 Å². The number of rotatable bonds is 0. The Hall–Kier alpha value is -0.520. The van der Waals surface area contributed by atoms with E-state index in [1.54, 1.807) is 0 Å². The lowest BCUT2D eigenvalue weighted by molar-refractivity contribution is 0.124. The van der Waals surface area contributed by atoms with Crippen molar-refractivity contribution in [1.29, 1.82) is 0 Å². The minimum atomic E-state index is 0.576. The fraction of sp³-hybridized carbons (Fsp3) is 0.692. The molecule has 0 N–H and O–H groups in total. The molecule has 2 rings (SSSR count). The number of hydrogen-bond acceptors (Lipinski definition) is 0. The van der Waals surface area contributed by atoms with Crippen LogP contribution in [-0.2, 0) is 0 Å². The summed E-state index contributed by atoms with van der Waals surface area (Å²) in [5, 5.41) is 0. The fourth-order valence-corrected chi connectivity index (χ4v) is 3.17. The van der Waals surface area contributed by atoms with Gasteiger partial charge in [-0.15, -0.1) is 0 Å². The van der Waals surface area contributed by atoms with Gasteiger partial charge >= 0.3 is 0 Å². The van der Waals surface area contributed by atoms with Crippen molar-refractivity contribution in [3.8, 4) is 0 Å². The van der Waals surface area contributed by atoms with Gasteiger partial charge in [0.2, 0.25) is 0 Å². The zero-order valence-corrected chi connectivity index (χ0v) is 8.73. The van der Waals surface area contributed by atoms with E-state index in [0.717, 1.165) is 5.92 Å². The summed E-state index contributed by atoms with van der Waals surface area (Å²) in [5.74, 6) is 0.886. The Kier molecular flexibility index (Phi) is 2.09. The van der Waals surface area contributed by atoms with Crippen LogP contribution in [0, 0.1) is 11.3 Å². The van der Waals surface area contributed by atoms with Crippen LogP contribution in [0.5, 0.6) is 0 Å². The molecule has 1 spiro atoms. The summed E-state index contributed by atoms with van der Waals surface area (Å²) in [6.45, 7) is 10.7. The lowest BCUT2D eigenvalue weighted by Gasteiger charge is -2.39. The molecule has 0 aromatic carbocycles. The van der Waals surface area contributed by atoms with Gasteiger partial charge in [-0.25, -0.2) is 0 Å². The van der Waals surface area contributed by atoms with E-state index >= 15 is 0 Å². The van der Waals surface area contributed by atoms with E-state index in [2.05, 4.69) is 20.1 Å². The molecule has 0 amide bonds. The quantitative estimate of drug-likeness (QED) is 0.521. The second kappa shape index (κ2) is 3.01. The molecule has 0 heteroatoms. The minimum Gasteiger partial charge on any atom is -0.0956 e. The van der Waals surface area contributed by atoms with E-state index in [-0.39, 0.29) is 0 Å². The Morgan fingerprint density at radius 3 is 2.31 bits per heavy atom. The van der Waals surface area contributed by atoms with Crippen LogP contribution in [0.4, 0.5) is 0 Å². The Morgan fingerprint density at radius 1 is 1.15 bits per heavy atom. The van der Waals surface area contributed by atoms with Crippen molar-refractivity contribution in [3.05, 3.63) is 24.3 Å². The van der Waals surface area contributed by atoms with Gasteiger partial charge in [0, 0.05) is 0 Å². The SMILES string of the molecule is C=C1CC2(CCCCC2C)CC1=C. The average Bonchev–Trinajstić information content (AvgIpc) is 2.36. The van der Waals surface area contributed by atoms with E-state index < -0.39 is 0 Å². The van der Waals surface area contributed by atoms with E-state index in [9.17, 15) is 0 Å². The summed E-state index contributed by atoms with van der Waals surface area (Å²) in [4.78, 5) is 0. The van der Waals surface area contributed by atoms with E-state index in [4.69, 9.17) is 0 Å². The van der Waals surface area contributed by atoms with Crippen LogP contribution < -0.4 is 0 Å². The van der Waals surface area contributed by atoms with Gasteiger partial charge in [-0.2, -0.15) is 0 Å². The topological polar surface area (TPSA) is 0 Å². The maximum Gasteiger partial charge on any atom is -0.0191 e. The molecule has 0 heterocycles. The molecule has 2 aliphatic carbocycles. The first kappa shape index (κ1) is 9.05. The van der Waals surface area contributed by atoms with Crippen molar-refractivity contribution in [2.24, 2.45) is 11.3 Å². The van der Waals surface area contributed by atoms with Gasteiger partial charge in [0.25, 0.3) is 0 Å². The van der Waals surface area contributed by atoms with Gasteiger partial charge < -0.3 is 0 Å². The van der Waals surface area contributed by atoms with E-state index in [1.165, 1.54) is 49.7 Å². The first-order valence-corrected chi connectivity index (χ1v) is 5.50. The monoisotopic (exact) mass is 176 g/mol. The second-order valence-electron chi connectivity index (χ2n) is 5.07. The summed E-state index contributed by atoms with van der Waals surface area (Å²) in [5.41, 5.74) is 3.23. The van der Waals surface area contributed by atoms with Crippen molar-refractivity contribution < 1.29 is 0 Å². The molecule has 1 atom stereocenters. The lowest BCUT2D eigenvalue weighted by atomic mass is 9.66. The zero-order valence-electron chi connectivity index (χ0n) is 8.73. The molecule has 2 fully saturated rings. The summed E-state index contributed by atoms with van der Waals surface area (Å²) in [6, 6.07) is 0. The smallest absolute Gasteiger partial charge is 0.0191 e. The number of allylic oxidation sites excluding steroid dienone is 2. The van der Waals surface area contributed by atoms with Crippen molar-refractivity contribution in [3.63, 3.8) is 0 Å². The van der Waals surface area contributed by atoms with Crippen LogP contribution in [0.1, 0.15) is 45.4 Å². The third kappa shape index (κ3) is 1.37. The molecular formula is C13H20. The highest BCUT2D eigenvalue weighted by Crippen LogP contribution is 2.55. The molecule has 1 unspecified atom stereocenters. The van der Waals surface area contributed by atoms with Crippen LogP contribution in [0.2, 0.25) is 0 Å². The molecule has 72 valence electrons. The van der Waals surface area contributed by atoms with Gasteiger partial charge in [-0.1, -0.05) is 50.5 Å². The highest BCUT2D eigenvalue weighted by atomic mass is 14.5. The molecule has 13 heavy (non-hydrogen) atoms. The largest absolute Gasteiger partial charge is 0.0956 e. The molecule has 0 nitrogen and oxygen atoms in total. The summed E-state index contributed by atoms with van der Waals surface area (Å²) in [6.07, 6.45) is 8.14. The Balaban J connectivity index is 2.20. The van der Waals surface area contributed by atoms with Crippen LogP contribution >= 0.6 is 0 Å². The molecular weight excluding hydrogens is 156 g/mol. The van der Waals surface area contributed by atoms with Crippen molar-refractivity contribution in [1.82, 2.24) is 0 Å². The third-order valence-electron chi connectivity index (χ3n) is 4.24. The third-order valence-corrected chi connectivity index (χ3v) is 4.24. The Labute approximate surface area is 81.7 Å². The summed E-state index contributed by atoms with van der Waals surface area (Å²) >= 11 is 0. The summed E-state index contributed by atoms with van der Waals surface area (Å²) in [7, 11) is 0. The Morgan fingerprint density at radius 2 is 1.77 bits per heavy atom. The van der Waals surface area contributed by atoms with Gasteiger partial charge in [-0.05, 0) is 30.6 Å². The van der Waals surface area contributed by atoms with Crippen molar-refractivity contribution in [2.75, 3.05) is 0 Å². The fourth-order valence-electron chi connectivity index (χ4n) is 3.17. The molecule has 0 aromatic heterocycles. The predicted molar refractivity (Wildman–Crippen MR) is 57.6 cm³/mol.